The normalized spacial score (nSPS) is 18.5. The van der Waals surface area contributed by atoms with Gasteiger partial charge in [0.1, 0.15) is 5.60 Å². The lowest BCUT2D eigenvalue weighted by Gasteiger charge is -2.37. The second kappa shape index (κ2) is 8.88. The molecule has 0 atom stereocenters. The number of carbonyl (C=O) groups is 1. The summed E-state index contributed by atoms with van der Waals surface area (Å²) in [5.41, 5.74) is 2.69. The van der Waals surface area contributed by atoms with E-state index in [-0.39, 0.29) is 11.7 Å². The fraction of sp³-hybridized carbons (Fsp3) is 0.522. The third kappa shape index (κ3) is 4.49. The van der Waals surface area contributed by atoms with Crippen LogP contribution in [0.4, 0.5) is 10.5 Å². The first-order valence-corrected chi connectivity index (χ1v) is 10.8. The Labute approximate surface area is 178 Å². The van der Waals surface area contributed by atoms with Crippen molar-refractivity contribution in [1.29, 1.82) is 0 Å². The number of benzene rings is 1. The number of unbranched alkanes of at least 4 members (excludes halogenated alkanes) is 1. The zero-order valence-corrected chi connectivity index (χ0v) is 17.6. The third-order valence-electron chi connectivity index (χ3n) is 6.19. The van der Waals surface area contributed by atoms with Crippen molar-refractivity contribution >= 4 is 11.8 Å². The summed E-state index contributed by atoms with van der Waals surface area (Å²) in [4.78, 5) is 24.3. The summed E-state index contributed by atoms with van der Waals surface area (Å²) in [6.07, 6.45) is 7.54. The van der Waals surface area contributed by atoms with Crippen molar-refractivity contribution in [2.24, 2.45) is 0 Å². The van der Waals surface area contributed by atoms with Crippen LogP contribution in [-0.4, -0.2) is 57.2 Å². The van der Waals surface area contributed by atoms with Gasteiger partial charge in [-0.1, -0.05) is 37.6 Å². The van der Waals surface area contributed by atoms with E-state index in [0.29, 0.717) is 5.69 Å². The quantitative estimate of drug-likeness (QED) is 0.650. The molecule has 4 rings (SSSR count). The van der Waals surface area contributed by atoms with Crippen molar-refractivity contribution < 1.29 is 9.53 Å². The van der Waals surface area contributed by atoms with Crippen LogP contribution in [0.3, 0.4) is 0 Å². The predicted octanol–water partition coefficient (Wildman–Crippen LogP) is 4.07. The van der Waals surface area contributed by atoms with Crippen LogP contribution in [0.15, 0.2) is 36.8 Å². The van der Waals surface area contributed by atoms with Crippen molar-refractivity contribution in [3.8, 4) is 0 Å². The summed E-state index contributed by atoms with van der Waals surface area (Å²) < 4.78 is 7.99. The Kier molecular flexibility index (Phi) is 6.05. The molecule has 2 saturated heterocycles. The van der Waals surface area contributed by atoms with Gasteiger partial charge < -0.3 is 14.2 Å². The van der Waals surface area contributed by atoms with Gasteiger partial charge in [0, 0.05) is 51.8 Å². The molecule has 2 fully saturated rings. The number of likely N-dealkylation sites (tertiary alicyclic amines) is 1. The maximum Gasteiger partial charge on any atom is 0.410 e. The maximum atomic E-state index is 12.2. The summed E-state index contributed by atoms with van der Waals surface area (Å²) >= 11 is 0. The number of ether oxygens (including phenoxy) is 1. The summed E-state index contributed by atoms with van der Waals surface area (Å²) in [6, 6.07) is 7.71. The number of aromatic nitrogens is 2. The van der Waals surface area contributed by atoms with Crippen LogP contribution >= 0.6 is 0 Å². The van der Waals surface area contributed by atoms with Gasteiger partial charge in [0.05, 0.1) is 25.1 Å². The van der Waals surface area contributed by atoms with E-state index >= 15 is 0 Å². The van der Waals surface area contributed by atoms with Gasteiger partial charge in [-0.15, -0.1) is 0 Å². The molecule has 0 radical (unpaired) electrons. The Hall–Kier alpha value is -2.85. The molecular formula is C23H29N5O2. The Balaban J connectivity index is 1.32. The molecular weight excluding hydrogens is 378 g/mol. The van der Waals surface area contributed by atoms with Gasteiger partial charge in [0.2, 0.25) is 0 Å². The topological polar surface area (TPSA) is 55.0 Å². The average Bonchev–Trinajstić information content (AvgIpc) is 3.32. The highest BCUT2D eigenvalue weighted by Crippen LogP contribution is 2.33. The number of hydrogen-bond donors (Lipinski definition) is 0. The molecule has 30 heavy (non-hydrogen) atoms. The highest BCUT2D eigenvalue weighted by molar-refractivity contribution is 5.70. The Morgan fingerprint density at radius 2 is 1.97 bits per heavy atom. The molecule has 1 aromatic heterocycles. The minimum Gasteiger partial charge on any atom is -0.441 e. The summed E-state index contributed by atoms with van der Waals surface area (Å²) in [5, 5.41) is 0. The molecule has 2 aliphatic heterocycles. The first kappa shape index (κ1) is 20.4. The molecule has 0 unspecified atom stereocenters. The molecule has 1 aromatic carbocycles. The van der Waals surface area contributed by atoms with E-state index in [4.69, 9.17) is 11.3 Å². The zero-order chi connectivity index (χ0) is 21.0. The van der Waals surface area contributed by atoms with Crippen LogP contribution in [0, 0.1) is 6.57 Å². The van der Waals surface area contributed by atoms with Crippen LogP contribution in [0.1, 0.15) is 43.9 Å². The lowest BCUT2D eigenvalue weighted by Crippen LogP contribution is -2.46. The molecule has 3 heterocycles. The SMILES string of the molecule is [C-]#[N+]c1ccc(Cn2cncc2CN2CCC3(CC2)CN(CCCC)C(=O)O3)cc1. The predicted molar refractivity (Wildman–Crippen MR) is 114 cm³/mol. The van der Waals surface area contributed by atoms with Gasteiger partial charge in [0.15, 0.2) is 5.69 Å². The molecule has 0 N–H and O–H groups in total. The Morgan fingerprint density at radius 1 is 1.20 bits per heavy atom. The summed E-state index contributed by atoms with van der Waals surface area (Å²) in [6.45, 7) is 14.2. The standard InChI is InChI=1S/C23H29N5O2/c1-3-4-11-27-17-23(30-22(27)29)9-12-26(13-10-23)16-21-14-25-18-28(21)15-19-5-7-20(24-2)8-6-19/h5-8,14,18H,3-4,9-13,15-17H2,1H3. The van der Waals surface area contributed by atoms with Crippen molar-refractivity contribution in [3.05, 3.63) is 59.5 Å². The number of piperidine rings is 1. The monoisotopic (exact) mass is 407 g/mol. The number of hydrogen-bond acceptors (Lipinski definition) is 4. The first-order valence-electron chi connectivity index (χ1n) is 10.8. The minimum atomic E-state index is -0.299. The largest absolute Gasteiger partial charge is 0.441 e. The third-order valence-corrected chi connectivity index (χ3v) is 6.19. The lowest BCUT2D eigenvalue weighted by molar-refractivity contribution is -0.00169. The first-order chi connectivity index (χ1) is 14.6. The molecule has 7 heteroatoms. The van der Waals surface area contributed by atoms with Gasteiger partial charge in [-0.25, -0.2) is 14.6 Å². The maximum absolute atomic E-state index is 12.2. The van der Waals surface area contributed by atoms with Gasteiger partial charge in [-0.3, -0.25) is 4.90 Å². The van der Waals surface area contributed by atoms with Crippen LogP contribution in [0.2, 0.25) is 0 Å². The second-order valence-corrected chi connectivity index (χ2v) is 8.39. The van der Waals surface area contributed by atoms with E-state index in [1.165, 1.54) is 5.69 Å². The van der Waals surface area contributed by atoms with Crippen LogP contribution in [-0.2, 0) is 17.8 Å². The fourth-order valence-corrected chi connectivity index (χ4v) is 4.32. The number of rotatable bonds is 7. The molecule has 2 aromatic rings. The summed E-state index contributed by atoms with van der Waals surface area (Å²) in [7, 11) is 0. The molecule has 0 aliphatic carbocycles. The lowest BCUT2D eigenvalue weighted by atomic mass is 9.91. The highest BCUT2D eigenvalue weighted by atomic mass is 16.6. The molecule has 1 spiro atoms. The zero-order valence-electron chi connectivity index (χ0n) is 17.6. The van der Waals surface area contributed by atoms with E-state index in [1.54, 1.807) is 0 Å². The number of carbonyl (C=O) groups excluding carboxylic acids is 1. The molecule has 7 nitrogen and oxygen atoms in total. The molecule has 2 aliphatic rings. The second-order valence-electron chi connectivity index (χ2n) is 8.39. The summed E-state index contributed by atoms with van der Waals surface area (Å²) in [5.74, 6) is 0. The molecule has 1 amide bonds. The molecule has 158 valence electrons. The van der Waals surface area contributed by atoms with Gasteiger partial charge >= 0.3 is 6.09 Å². The van der Waals surface area contributed by atoms with Gasteiger partial charge in [-0.05, 0) is 12.0 Å². The molecule has 0 saturated carbocycles. The van der Waals surface area contributed by atoms with Crippen molar-refractivity contribution in [1.82, 2.24) is 19.4 Å². The van der Waals surface area contributed by atoms with Crippen LogP contribution in [0.5, 0.6) is 0 Å². The van der Waals surface area contributed by atoms with Crippen molar-refractivity contribution in [2.75, 3.05) is 26.2 Å². The van der Waals surface area contributed by atoms with Crippen molar-refractivity contribution in [2.45, 2.75) is 51.3 Å². The van der Waals surface area contributed by atoms with Crippen molar-refractivity contribution in [3.63, 3.8) is 0 Å². The Bertz CT molecular complexity index is 906. The minimum absolute atomic E-state index is 0.140. The number of imidazole rings is 1. The van der Waals surface area contributed by atoms with E-state index in [9.17, 15) is 4.79 Å². The Morgan fingerprint density at radius 3 is 2.67 bits per heavy atom. The fourth-order valence-electron chi connectivity index (χ4n) is 4.32. The van der Waals surface area contributed by atoms with E-state index in [1.807, 2.05) is 41.7 Å². The number of nitrogens with zero attached hydrogens (tertiary/aromatic N) is 5. The number of amides is 1. The van der Waals surface area contributed by atoms with E-state index in [0.717, 1.165) is 70.5 Å². The van der Waals surface area contributed by atoms with E-state index < -0.39 is 0 Å². The molecule has 0 bridgehead atoms. The van der Waals surface area contributed by atoms with Crippen LogP contribution in [0.25, 0.3) is 4.85 Å². The van der Waals surface area contributed by atoms with E-state index in [2.05, 4.69) is 26.2 Å². The van der Waals surface area contributed by atoms with Crippen LogP contribution < -0.4 is 0 Å². The smallest absolute Gasteiger partial charge is 0.410 e. The van der Waals surface area contributed by atoms with Gasteiger partial charge in [0.25, 0.3) is 0 Å². The highest BCUT2D eigenvalue weighted by Gasteiger charge is 2.46. The van der Waals surface area contributed by atoms with Gasteiger partial charge in [-0.2, -0.15) is 0 Å². The average molecular weight is 408 g/mol.